The molecule has 2 atom stereocenters. The highest BCUT2D eigenvalue weighted by Crippen LogP contribution is 2.33. The molecule has 1 aromatic carbocycles. The van der Waals surface area contributed by atoms with Crippen LogP contribution in [-0.4, -0.2) is 25.8 Å². The first-order valence-electron chi connectivity index (χ1n) is 7.34. The van der Waals surface area contributed by atoms with Gasteiger partial charge in [-0.2, -0.15) is 4.31 Å². The Balaban J connectivity index is 2.36. The smallest absolute Gasteiger partial charge is 0.244 e. The van der Waals surface area contributed by atoms with Crippen LogP contribution in [0.5, 0.6) is 0 Å². The van der Waals surface area contributed by atoms with Gasteiger partial charge in [-0.15, -0.1) is 0 Å². The van der Waals surface area contributed by atoms with Gasteiger partial charge in [-0.3, -0.25) is 0 Å². The molecule has 2 unspecified atom stereocenters. The van der Waals surface area contributed by atoms with E-state index in [1.807, 2.05) is 6.07 Å². The highest BCUT2D eigenvalue weighted by molar-refractivity contribution is 9.10. The van der Waals surface area contributed by atoms with Gasteiger partial charge in [-0.25, -0.2) is 8.42 Å². The monoisotopic (exact) mass is 374 g/mol. The summed E-state index contributed by atoms with van der Waals surface area (Å²) in [5.74, 6) is 0.398. The van der Waals surface area contributed by atoms with Gasteiger partial charge in [0.05, 0.1) is 4.90 Å². The summed E-state index contributed by atoms with van der Waals surface area (Å²) in [6.07, 6.45) is 4.32. The van der Waals surface area contributed by atoms with Gasteiger partial charge in [-0.05, 0) is 52.4 Å². The Morgan fingerprint density at radius 3 is 2.62 bits per heavy atom. The van der Waals surface area contributed by atoms with E-state index in [0.29, 0.717) is 21.8 Å². The van der Waals surface area contributed by atoms with E-state index >= 15 is 0 Å². The number of hydrogen-bond donors (Lipinski definition) is 1. The van der Waals surface area contributed by atoms with Crippen molar-refractivity contribution in [1.29, 1.82) is 0 Å². The molecule has 1 aliphatic rings. The second kappa shape index (κ2) is 6.77. The molecule has 0 aliphatic heterocycles. The minimum absolute atomic E-state index is 0.0807. The summed E-state index contributed by atoms with van der Waals surface area (Å²) in [4.78, 5) is 0.311. The Bertz CT molecular complexity index is 604. The van der Waals surface area contributed by atoms with E-state index in [0.717, 1.165) is 24.8 Å². The van der Waals surface area contributed by atoms with E-state index < -0.39 is 10.0 Å². The third kappa shape index (κ3) is 3.50. The minimum Gasteiger partial charge on any atom is -0.326 e. The Kier molecular flexibility index (Phi) is 5.46. The van der Waals surface area contributed by atoms with Crippen molar-refractivity contribution in [2.24, 2.45) is 11.7 Å². The fourth-order valence-corrected chi connectivity index (χ4v) is 5.50. The average Bonchev–Trinajstić information content (AvgIpc) is 2.47. The molecule has 0 radical (unpaired) electrons. The zero-order chi connectivity index (χ0) is 15.6. The van der Waals surface area contributed by atoms with Crippen LogP contribution in [0.15, 0.2) is 27.6 Å². The predicted octanol–water partition coefficient (Wildman–Crippen LogP) is 3.11. The van der Waals surface area contributed by atoms with Crippen LogP contribution in [0.4, 0.5) is 0 Å². The van der Waals surface area contributed by atoms with Crippen molar-refractivity contribution in [2.75, 3.05) is 7.05 Å². The summed E-state index contributed by atoms with van der Waals surface area (Å²) >= 11 is 3.36. The molecule has 0 amide bonds. The molecule has 4 nitrogen and oxygen atoms in total. The zero-order valence-electron chi connectivity index (χ0n) is 12.5. The normalized spacial score (nSPS) is 23.5. The lowest BCUT2D eigenvalue weighted by atomic mass is 9.86. The van der Waals surface area contributed by atoms with Gasteiger partial charge in [-0.1, -0.05) is 25.8 Å². The van der Waals surface area contributed by atoms with E-state index in [1.54, 1.807) is 23.5 Å². The van der Waals surface area contributed by atoms with Crippen molar-refractivity contribution >= 4 is 26.0 Å². The molecule has 0 heterocycles. The predicted molar refractivity (Wildman–Crippen MR) is 88.4 cm³/mol. The highest BCUT2D eigenvalue weighted by atomic mass is 79.9. The zero-order valence-corrected chi connectivity index (χ0v) is 15.0. The number of hydrogen-bond acceptors (Lipinski definition) is 3. The van der Waals surface area contributed by atoms with Crippen molar-refractivity contribution in [1.82, 2.24) is 4.31 Å². The first kappa shape index (κ1) is 16.9. The maximum atomic E-state index is 12.9. The molecule has 0 spiro atoms. The maximum Gasteiger partial charge on any atom is 0.244 e. The summed E-state index contributed by atoms with van der Waals surface area (Å²) < 4.78 is 28.0. The maximum absolute atomic E-state index is 12.9. The Labute approximate surface area is 135 Å². The summed E-state index contributed by atoms with van der Waals surface area (Å²) in [7, 11) is -1.81. The lowest BCUT2D eigenvalue weighted by molar-refractivity contribution is 0.213. The van der Waals surface area contributed by atoms with Crippen LogP contribution in [0, 0.1) is 5.92 Å². The van der Waals surface area contributed by atoms with Gasteiger partial charge < -0.3 is 5.73 Å². The summed E-state index contributed by atoms with van der Waals surface area (Å²) in [6, 6.07) is 5.35. The van der Waals surface area contributed by atoms with Gasteiger partial charge in [0.25, 0.3) is 0 Å². The molecule has 21 heavy (non-hydrogen) atoms. The summed E-state index contributed by atoms with van der Waals surface area (Å²) in [6.45, 7) is 2.47. The van der Waals surface area contributed by atoms with Gasteiger partial charge in [0, 0.05) is 24.1 Å². The van der Waals surface area contributed by atoms with Gasteiger partial charge in [0.2, 0.25) is 10.0 Å². The van der Waals surface area contributed by atoms with E-state index in [-0.39, 0.29) is 6.04 Å². The standard InChI is InChI=1S/C15H23BrN2O2S/c1-11-5-3-4-6-14(11)18(2)21(19,20)15-9-12(10-17)7-8-13(15)16/h7-9,11,14H,3-6,10,17H2,1-2H3. The third-order valence-electron chi connectivity index (χ3n) is 4.42. The van der Waals surface area contributed by atoms with Gasteiger partial charge in [0.1, 0.15) is 0 Å². The van der Waals surface area contributed by atoms with Crippen LogP contribution in [-0.2, 0) is 16.6 Å². The number of nitrogens with zero attached hydrogens (tertiary/aromatic N) is 1. The van der Waals surface area contributed by atoms with Gasteiger partial charge >= 0.3 is 0 Å². The Hall–Kier alpha value is -0.430. The summed E-state index contributed by atoms with van der Waals surface area (Å²) in [5.41, 5.74) is 6.45. The van der Waals surface area contributed by atoms with Crippen LogP contribution in [0.2, 0.25) is 0 Å². The van der Waals surface area contributed by atoms with E-state index in [1.165, 1.54) is 6.42 Å². The topological polar surface area (TPSA) is 63.4 Å². The first-order chi connectivity index (χ1) is 9.87. The fourth-order valence-electron chi connectivity index (χ4n) is 3.04. The third-order valence-corrected chi connectivity index (χ3v) is 7.30. The average molecular weight is 375 g/mol. The van der Waals surface area contributed by atoms with E-state index in [9.17, 15) is 8.42 Å². The molecule has 1 saturated carbocycles. The number of benzene rings is 1. The fraction of sp³-hybridized carbons (Fsp3) is 0.600. The van der Waals surface area contributed by atoms with Crippen molar-refractivity contribution in [2.45, 2.75) is 50.1 Å². The molecular weight excluding hydrogens is 352 g/mol. The summed E-state index contributed by atoms with van der Waals surface area (Å²) in [5, 5.41) is 0. The molecule has 0 bridgehead atoms. The molecular formula is C15H23BrN2O2S. The van der Waals surface area contributed by atoms with Gasteiger partial charge in [0.15, 0.2) is 0 Å². The molecule has 1 aliphatic carbocycles. The number of rotatable bonds is 4. The van der Waals surface area contributed by atoms with Crippen molar-refractivity contribution in [3.05, 3.63) is 28.2 Å². The lowest BCUT2D eigenvalue weighted by Gasteiger charge is -2.35. The minimum atomic E-state index is -3.50. The first-order valence-corrected chi connectivity index (χ1v) is 9.57. The van der Waals surface area contributed by atoms with E-state index in [4.69, 9.17) is 5.73 Å². The highest BCUT2D eigenvalue weighted by Gasteiger charge is 2.34. The van der Waals surface area contributed by atoms with Crippen molar-refractivity contribution in [3.8, 4) is 0 Å². The second-order valence-corrected chi connectivity index (χ2v) is 8.64. The lowest BCUT2D eigenvalue weighted by Crippen LogP contribution is -2.42. The SMILES string of the molecule is CC1CCCCC1N(C)S(=O)(=O)c1cc(CN)ccc1Br. The number of sulfonamides is 1. The molecule has 1 aromatic rings. The van der Waals surface area contributed by atoms with Crippen LogP contribution < -0.4 is 5.73 Å². The van der Waals surface area contributed by atoms with Crippen LogP contribution in [0.3, 0.4) is 0 Å². The van der Waals surface area contributed by atoms with Crippen molar-refractivity contribution < 1.29 is 8.42 Å². The molecule has 2 N–H and O–H groups in total. The number of nitrogens with two attached hydrogens (primary N) is 1. The Morgan fingerprint density at radius 1 is 1.33 bits per heavy atom. The molecule has 0 aromatic heterocycles. The molecule has 1 fully saturated rings. The second-order valence-electron chi connectivity index (χ2n) is 5.82. The quantitative estimate of drug-likeness (QED) is 0.880. The molecule has 6 heteroatoms. The molecule has 2 rings (SSSR count). The molecule has 118 valence electrons. The Morgan fingerprint density at radius 2 is 2.00 bits per heavy atom. The largest absolute Gasteiger partial charge is 0.326 e. The van der Waals surface area contributed by atoms with Crippen LogP contribution in [0.25, 0.3) is 0 Å². The van der Waals surface area contributed by atoms with Crippen molar-refractivity contribution in [3.63, 3.8) is 0 Å². The molecule has 0 saturated heterocycles. The van der Waals surface area contributed by atoms with Crippen LogP contribution in [0.1, 0.15) is 38.2 Å². The van der Waals surface area contributed by atoms with E-state index in [2.05, 4.69) is 22.9 Å². The van der Waals surface area contributed by atoms with Crippen LogP contribution >= 0.6 is 15.9 Å². The number of halogens is 1.